The third kappa shape index (κ3) is 3.01. The van der Waals surface area contributed by atoms with Crippen molar-refractivity contribution in [3.8, 4) is 28.4 Å². The summed E-state index contributed by atoms with van der Waals surface area (Å²) >= 11 is 0. The molecular formula is C22H22N6O2. The average Bonchev–Trinajstić information content (AvgIpc) is 3.42. The number of amides is 1. The number of carbonyl (C=O) groups is 1. The van der Waals surface area contributed by atoms with Gasteiger partial charge in [0.1, 0.15) is 5.75 Å². The number of fused-ring (bicyclic) bond motifs is 1. The molecule has 0 bridgehead atoms. The first-order valence-corrected chi connectivity index (χ1v) is 9.86. The van der Waals surface area contributed by atoms with Crippen LogP contribution < -0.4 is 4.74 Å². The zero-order chi connectivity index (χ0) is 20.8. The topological polar surface area (TPSA) is 77.5 Å². The summed E-state index contributed by atoms with van der Waals surface area (Å²) in [6, 6.07) is 11.9. The highest BCUT2D eigenvalue weighted by atomic mass is 16.5. The third-order valence-corrected chi connectivity index (χ3v) is 5.54. The summed E-state index contributed by atoms with van der Waals surface area (Å²) in [6.45, 7) is 0. The number of ether oxygens (including phenoxy) is 1. The number of hydrogen-bond donors (Lipinski definition) is 0. The molecule has 4 aromatic rings. The van der Waals surface area contributed by atoms with Crippen molar-refractivity contribution in [1.29, 1.82) is 0 Å². The van der Waals surface area contributed by atoms with Crippen molar-refractivity contribution in [2.75, 3.05) is 14.2 Å². The molecule has 1 amide bonds. The average molecular weight is 402 g/mol. The molecule has 3 aromatic heterocycles. The minimum atomic E-state index is -0.00310. The van der Waals surface area contributed by atoms with E-state index in [0.717, 1.165) is 35.4 Å². The number of rotatable bonds is 5. The number of aromatic nitrogens is 5. The molecule has 0 saturated heterocycles. The molecule has 0 N–H and O–H groups in total. The van der Waals surface area contributed by atoms with Gasteiger partial charge in [0.05, 0.1) is 30.1 Å². The van der Waals surface area contributed by atoms with E-state index < -0.39 is 0 Å². The number of carbonyl (C=O) groups excluding carboxylic acids is 1. The summed E-state index contributed by atoms with van der Waals surface area (Å²) < 4.78 is 8.90. The van der Waals surface area contributed by atoms with E-state index in [9.17, 15) is 4.79 Å². The van der Waals surface area contributed by atoms with E-state index >= 15 is 0 Å². The molecule has 0 spiro atoms. The number of para-hydroxylation sites is 1. The summed E-state index contributed by atoms with van der Waals surface area (Å²) in [5.74, 6) is 1.30. The fourth-order valence-corrected chi connectivity index (χ4v) is 3.73. The Morgan fingerprint density at radius 2 is 2.03 bits per heavy atom. The first-order valence-electron chi connectivity index (χ1n) is 9.86. The summed E-state index contributed by atoms with van der Waals surface area (Å²) in [4.78, 5) is 19.5. The van der Waals surface area contributed by atoms with Gasteiger partial charge >= 0.3 is 0 Å². The van der Waals surface area contributed by atoms with Gasteiger partial charge in [0.2, 0.25) is 0 Å². The molecule has 8 nitrogen and oxygen atoms in total. The maximum atomic E-state index is 13.0. The van der Waals surface area contributed by atoms with Crippen molar-refractivity contribution < 1.29 is 9.53 Å². The van der Waals surface area contributed by atoms with E-state index in [0.29, 0.717) is 23.1 Å². The number of nitrogens with zero attached hydrogens (tertiary/aromatic N) is 6. The van der Waals surface area contributed by atoms with Crippen LogP contribution in [0.4, 0.5) is 0 Å². The Morgan fingerprint density at radius 1 is 1.23 bits per heavy atom. The minimum absolute atomic E-state index is 0.00310. The van der Waals surface area contributed by atoms with Gasteiger partial charge in [-0.05, 0) is 37.1 Å². The fraction of sp³-hybridized carbons (Fsp3) is 0.273. The highest BCUT2D eigenvalue weighted by Crippen LogP contribution is 2.31. The van der Waals surface area contributed by atoms with Crippen LogP contribution in [0, 0.1) is 0 Å². The maximum absolute atomic E-state index is 13.0. The van der Waals surface area contributed by atoms with Gasteiger partial charge in [-0.1, -0.05) is 12.1 Å². The Kier molecular flexibility index (Phi) is 4.27. The van der Waals surface area contributed by atoms with E-state index in [1.807, 2.05) is 61.6 Å². The number of pyridine rings is 1. The summed E-state index contributed by atoms with van der Waals surface area (Å²) in [7, 11) is 5.34. The van der Waals surface area contributed by atoms with Crippen molar-refractivity contribution >= 4 is 11.6 Å². The maximum Gasteiger partial charge on any atom is 0.257 e. The Hall–Kier alpha value is -3.68. The smallest absolute Gasteiger partial charge is 0.257 e. The predicted octanol–water partition coefficient (Wildman–Crippen LogP) is 3.04. The number of methoxy groups -OCH3 is 1. The van der Waals surface area contributed by atoms with Gasteiger partial charge in [-0.3, -0.25) is 9.48 Å². The van der Waals surface area contributed by atoms with Crippen molar-refractivity contribution in [2.24, 2.45) is 7.05 Å². The van der Waals surface area contributed by atoms with Crippen molar-refractivity contribution in [3.05, 3.63) is 54.4 Å². The molecule has 0 aliphatic heterocycles. The molecule has 1 aliphatic rings. The van der Waals surface area contributed by atoms with Gasteiger partial charge < -0.3 is 9.64 Å². The largest absolute Gasteiger partial charge is 0.496 e. The van der Waals surface area contributed by atoms with E-state index in [2.05, 4.69) is 15.2 Å². The first-order chi connectivity index (χ1) is 14.6. The Morgan fingerprint density at radius 3 is 2.80 bits per heavy atom. The third-order valence-electron chi connectivity index (χ3n) is 5.54. The number of hydrogen-bond acceptors (Lipinski definition) is 5. The highest BCUT2D eigenvalue weighted by molar-refractivity contribution is 6.00. The molecule has 8 heteroatoms. The van der Waals surface area contributed by atoms with Crippen LogP contribution in [0.3, 0.4) is 0 Å². The summed E-state index contributed by atoms with van der Waals surface area (Å²) in [5.41, 5.74) is 3.75. The van der Waals surface area contributed by atoms with Gasteiger partial charge in [-0.15, -0.1) is 5.10 Å². The van der Waals surface area contributed by atoms with E-state index in [1.54, 1.807) is 22.5 Å². The highest BCUT2D eigenvalue weighted by Gasteiger charge is 2.32. The Labute approximate surface area is 173 Å². The van der Waals surface area contributed by atoms with Crippen LogP contribution in [-0.4, -0.2) is 55.4 Å². The molecule has 1 aliphatic carbocycles. The van der Waals surface area contributed by atoms with Gasteiger partial charge in [0.25, 0.3) is 5.91 Å². The molecule has 0 radical (unpaired) electrons. The lowest BCUT2D eigenvalue weighted by molar-refractivity contribution is 0.0786. The lowest BCUT2D eigenvalue weighted by Crippen LogP contribution is -2.28. The summed E-state index contributed by atoms with van der Waals surface area (Å²) in [5, 5.41) is 8.92. The molecular weight excluding hydrogens is 380 g/mol. The quantitative estimate of drug-likeness (QED) is 0.513. The number of benzene rings is 1. The van der Waals surface area contributed by atoms with Gasteiger partial charge in [0.15, 0.2) is 11.5 Å². The van der Waals surface area contributed by atoms with Crippen LogP contribution in [0.2, 0.25) is 0 Å². The second kappa shape index (κ2) is 6.98. The Balaban J connectivity index is 1.57. The van der Waals surface area contributed by atoms with Crippen LogP contribution in [0.5, 0.6) is 5.75 Å². The van der Waals surface area contributed by atoms with Crippen LogP contribution in [-0.2, 0) is 7.05 Å². The fourth-order valence-electron chi connectivity index (χ4n) is 3.73. The van der Waals surface area contributed by atoms with E-state index in [1.165, 1.54) is 0 Å². The van der Waals surface area contributed by atoms with Gasteiger partial charge in [-0.25, -0.2) is 9.50 Å². The zero-order valence-electron chi connectivity index (χ0n) is 17.1. The molecule has 1 saturated carbocycles. The molecule has 1 fully saturated rings. The van der Waals surface area contributed by atoms with Crippen molar-refractivity contribution in [2.45, 2.75) is 18.9 Å². The lowest BCUT2D eigenvalue weighted by Gasteiger charge is -2.16. The molecule has 0 unspecified atom stereocenters. The SMILES string of the molecule is COc1ccccc1-c1nc2cc(-c3c(C(=O)N(C)C4CC4)cnn3C)ccn2n1. The van der Waals surface area contributed by atoms with Crippen LogP contribution in [0.15, 0.2) is 48.8 Å². The molecule has 152 valence electrons. The van der Waals surface area contributed by atoms with Crippen molar-refractivity contribution in [1.82, 2.24) is 29.3 Å². The predicted molar refractivity (Wildman–Crippen MR) is 112 cm³/mol. The summed E-state index contributed by atoms with van der Waals surface area (Å²) in [6.07, 6.45) is 5.62. The van der Waals surface area contributed by atoms with Crippen LogP contribution in [0.25, 0.3) is 28.3 Å². The minimum Gasteiger partial charge on any atom is -0.496 e. The number of aryl methyl sites for hydroxylation is 1. The molecule has 1 aromatic carbocycles. The monoisotopic (exact) mass is 402 g/mol. The molecule has 3 heterocycles. The molecule has 30 heavy (non-hydrogen) atoms. The van der Waals surface area contributed by atoms with E-state index in [4.69, 9.17) is 4.74 Å². The standard InChI is InChI=1S/C22H22N6O2/c1-26(15-8-9-15)22(29)17-13-23-27(2)20(17)14-10-11-28-19(12-14)24-21(25-28)16-6-4-5-7-18(16)30-3/h4-7,10-13,15H,8-9H2,1-3H3. The molecule has 5 rings (SSSR count). The second-order valence-corrected chi connectivity index (χ2v) is 7.53. The lowest BCUT2D eigenvalue weighted by atomic mass is 10.1. The van der Waals surface area contributed by atoms with Crippen LogP contribution >= 0.6 is 0 Å². The van der Waals surface area contributed by atoms with Crippen molar-refractivity contribution in [3.63, 3.8) is 0 Å². The van der Waals surface area contributed by atoms with Gasteiger partial charge in [0, 0.05) is 31.9 Å². The normalized spacial score (nSPS) is 13.6. The van der Waals surface area contributed by atoms with Crippen LogP contribution in [0.1, 0.15) is 23.2 Å². The molecule has 0 atom stereocenters. The second-order valence-electron chi connectivity index (χ2n) is 7.53. The Bertz CT molecular complexity index is 1250. The van der Waals surface area contributed by atoms with Gasteiger partial charge in [-0.2, -0.15) is 5.10 Å². The first kappa shape index (κ1) is 18.4. The van der Waals surface area contributed by atoms with E-state index in [-0.39, 0.29) is 5.91 Å². The zero-order valence-corrected chi connectivity index (χ0v) is 17.1.